The van der Waals surface area contributed by atoms with Crippen LogP contribution in [0.5, 0.6) is 0 Å². The number of piperidine rings is 1. The van der Waals surface area contributed by atoms with Crippen molar-refractivity contribution in [1.82, 2.24) is 9.97 Å². The number of amides is 2. The molecule has 1 aliphatic rings. The van der Waals surface area contributed by atoms with Gasteiger partial charge in [-0.15, -0.1) is 0 Å². The smallest absolute Gasteiger partial charge is 0.255 e. The van der Waals surface area contributed by atoms with Gasteiger partial charge in [-0.25, -0.2) is 9.97 Å². The molecule has 2 aromatic carbocycles. The van der Waals surface area contributed by atoms with E-state index in [-0.39, 0.29) is 17.7 Å². The lowest BCUT2D eigenvalue weighted by atomic mass is 9.96. The molecule has 8 heteroatoms. The fraction of sp³-hybridized carbons (Fsp3) is 0.217. The Morgan fingerprint density at radius 2 is 1.45 bits per heavy atom. The average molecular weight is 436 g/mol. The molecule has 1 fully saturated rings. The van der Waals surface area contributed by atoms with Gasteiger partial charge in [-0.2, -0.15) is 0 Å². The van der Waals surface area contributed by atoms with Gasteiger partial charge >= 0.3 is 0 Å². The van der Waals surface area contributed by atoms with Crippen molar-refractivity contribution in [3.8, 4) is 0 Å². The number of rotatable bonds is 5. The second-order valence-corrected chi connectivity index (χ2v) is 7.77. The van der Waals surface area contributed by atoms with Crippen molar-refractivity contribution in [1.29, 1.82) is 0 Å². The Morgan fingerprint density at radius 1 is 0.871 bits per heavy atom. The highest BCUT2D eigenvalue weighted by molar-refractivity contribution is 6.30. The Bertz CT molecular complexity index is 1030. The lowest BCUT2D eigenvalue weighted by molar-refractivity contribution is -0.120. The maximum absolute atomic E-state index is 12.6. The first-order valence-corrected chi connectivity index (χ1v) is 10.5. The minimum absolute atomic E-state index is 0.00609. The zero-order chi connectivity index (χ0) is 21.6. The third-order valence-corrected chi connectivity index (χ3v) is 5.47. The minimum atomic E-state index is -0.220. The summed E-state index contributed by atoms with van der Waals surface area (Å²) in [7, 11) is 0. The van der Waals surface area contributed by atoms with E-state index in [2.05, 4.69) is 25.5 Å². The first-order chi connectivity index (χ1) is 15.1. The van der Waals surface area contributed by atoms with Crippen LogP contribution in [0.3, 0.4) is 0 Å². The summed E-state index contributed by atoms with van der Waals surface area (Å²) in [6.45, 7) is 1.50. The molecule has 0 aliphatic carbocycles. The molecule has 2 N–H and O–H groups in total. The van der Waals surface area contributed by atoms with E-state index >= 15 is 0 Å². The third kappa shape index (κ3) is 5.38. The Balaban J connectivity index is 1.28. The number of nitrogens with one attached hydrogen (secondary N) is 2. The van der Waals surface area contributed by atoms with Crippen LogP contribution >= 0.6 is 11.6 Å². The van der Waals surface area contributed by atoms with Crippen molar-refractivity contribution in [2.45, 2.75) is 12.8 Å². The van der Waals surface area contributed by atoms with Gasteiger partial charge in [-0.05, 0) is 67.4 Å². The molecule has 1 saturated heterocycles. The van der Waals surface area contributed by atoms with Crippen molar-refractivity contribution < 1.29 is 9.59 Å². The van der Waals surface area contributed by atoms with E-state index in [0.29, 0.717) is 27.9 Å². The average Bonchev–Trinajstić information content (AvgIpc) is 2.81. The fourth-order valence-corrected chi connectivity index (χ4v) is 3.61. The number of hydrogen-bond acceptors (Lipinski definition) is 5. The summed E-state index contributed by atoms with van der Waals surface area (Å²) >= 11 is 5.85. The second-order valence-electron chi connectivity index (χ2n) is 7.34. The monoisotopic (exact) mass is 435 g/mol. The third-order valence-electron chi connectivity index (χ3n) is 5.22. The normalized spacial score (nSPS) is 14.2. The molecule has 2 heterocycles. The van der Waals surface area contributed by atoms with Crippen LogP contribution < -0.4 is 15.5 Å². The summed E-state index contributed by atoms with van der Waals surface area (Å²) in [6, 6.07) is 15.6. The summed E-state index contributed by atoms with van der Waals surface area (Å²) in [5, 5.41) is 6.38. The van der Waals surface area contributed by atoms with Crippen LogP contribution in [-0.4, -0.2) is 34.9 Å². The zero-order valence-electron chi connectivity index (χ0n) is 16.8. The van der Waals surface area contributed by atoms with Crippen LogP contribution in [0.25, 0.3) is 0 Å². The summed E-state index contributed by atoms with van der Waals surface area (Å²) in [4.78, 5) is 35.6. The highest BCUT2D eigenvalue weighted by atomic mass is 35.5. The van der Waals surface area contributed by atoms with E-state index in [0.717, 1.165) is 25.9 Å². The van der Waals surface area contributed by atoms with Crippen LogP contribution in [0.1, 0.15) is 23.2 Å². The van der Waals surface area contributed by atoms with E-state index in [1.54, 1.807) is 67.0 Å². The molecular formula is C23H22ClN5O2. The van der Waals surface area contributed by atoms with E-state index in [9.17, 15) is 9.59 Å². The quantitative estimate of drug-likeness (QED) is 0.626. The van der Waals surface area contributed by atoms with Crippen LogP contribution in [0.4, 0.5) is 17.3 Å². The highest BCUT2D eigenvalue weighted by Crippen LogP contribution is 2.23. The Hall–Kier alpha value is -3.45. The van der Waals surface area contributed by atoms with Crippen molar-refractivity contribution in [2.24, 2.45) is 5.92 Å². The molecule has 0 spiro atoms. The van der Waals surface area contributed by atoms with Gasteiger partial charge < -0.3 is 15.5 Å². The molecular weight excluding hydrogens is 414 g/mol. The Kier molecular flexibility index (Phi) is 6.43. The number of carbonyl (C=O) groups is 2. The molecule has 0 bridgehead atoms. The molecule has 0 radical (unpaired) electrons. The first-order valence-electron chi connectivity index (χ1n) is 10.1. The molecule has 31 heavy (non-hydrogen) atoms. The number of benzene rings is 2. The predicted molar refractivity (Wildman–Crippen MR) is 121 cm³/mol. The van der Waals surface area contributed by atoms with E-state index < -0.39 is 0 Å². The first kappa shape index (κ1) is 20.8. The number of halogens is 1. The molecule has 0 saturated carbocycles. The summed E-state index contributed by atoms with van der Waals surface area (Å²) in [6.07, 6.45) is 4.95. The van der Waals surface area contributed by atoms with Gasteiger partial charge in [0.1, 0.15) is 0 Å². The van der Waals surface area contributed by atoms with Gasteiger partial charge in [-0.1, -0.05) is 11.6 Å². The minimum Gasteiger partial charge on any atom is -0.341 e. The molecule has 0 unspecified atom stereocenters. The van der Waals surface area contributed by atoms with Crippen molar-refractivity contribution in [3.63, 3.8) is 0 Å². The van der Waals surface area contributed by atoms with Crippen molar-refractivity contribution in [3.05, 3.63) is 77.6 Å². The molecule has 2 amide bonds. The van der Waals surface area contributed by atoms with Gasteiger partial charge in [0.05, 0.1) is 0 Å². The molecule has 1 aliphatic heterocycles. The molecule has 3 aromatic rings. The molecule has 1 aromatic heterocycles. The fourth-order valence-electron chi connectivity index (χ4n) is 3.48. The molecule has 158 valence electrons. The van der Waals surface area contributed by atoms with Gasteiger partial charge in [-0.3, -0.25) is 9.59 Å². The topological polar surface area (TPSA) is 87.2 Å². The number of hydrogen-bond donors (Lipinski definition) is 2. The summed E-state index contributed by atoms with van der Waals surface area (Å²) in [5.41, 5.74) is 1.87. The predicted octanol–water partition coefficient (Wildman–Crippen LogP) is 4.24. The Morgan fingerprint density at radius 3 is 2.06 bits per heavy atom. The van der Waals surface area contributed by atoms with E-state index in [1.807, 2.05) is 0 Å². The number of nitrogens with zero attached hydrogens (tertiary/aromatic N) is 3. The number of anilines is 3. The Labute approximate surface area is 185 Å². The van der Waals surface area contributed by atoms with Gasteiger partial charge in [0, 0.05) is 53.4 Å². The molecule has 0 atom stereocenters. The largest absolute Gasteiger partial charge is 0.341 e. The maximum atomic E-state index is 12.6. The van der Waals surface area contributed by atoms with Crippen LogP contribution in [0.2, 0.25) is 5.02 Å². The SMILES string of the molecule is O=C(Nc1ccc(NC(=O)C2CCN(c3ncccn3)CC2)cc1)c1ccc(Cl)cc1. The number of carbonyl (C=O) groups excluding carboxylic acids is 2. The lowest BCUT2D eigenvalue weighted by Crippen LogP contribution is -2.39. The van der Waals surface area contributed by atoms with Crippen molar-refractivity contribution in [2.75, 3.05) is 28.6 Å². The zero-order valence-corrected chi connectivity index (χ0v) is 17.5. The van der Waals surface area contributed by atoms with Gasteiger partial charge in [0.25, 0.3) is 5.91 Å². The second kappa shape index (κ2) is 9.57. The highest BCUT2D eigenvalue weighted by Gasteiger charge is 2.26. The van der Waals surface area contributed by atoms with E-state index in [1.165, 1.54) is 0 Å². The van der Waals surface area contributed by atoms with E-state index in [4.69, 9.17) is 11.6 Å². The van der Waals surface area contributed by atoms with Gasteiger partial charge in [0.2, 0.25) is 11.9 Å². The maximum Gasteiger partial charge on any atom is 0.255 e. The van der Waals surface area contributed by atoms with Crippen LogP contribution in [-0.2, 0) is 4.79 Å². The lowest BCUT2D eigenvalue weighted by Gasteiger charge is -2.31. The molecule has 4 rings (SSSR count). The van der Waals surface area contributed by atoms with Gasteiger partial charge in [0.15, 0.2) is 0 Å². The molecule has 7 nitrogen and oxygen atoms in total. The summed E-state index contributed by atoms with van der Waals surface area (Å²) < 4.78 is 0. The summed E-state index contributed by atoms with van der Waals surface area (Å²) in [5.74, 6) is 0.441. The van der Waals surface area contributed by atoms with Crippen LogP contribution in [0.15, 0.2) is 67.0 Å². The van der Waals surface area contributed by atoms with Crippen molar-refractivity contribution >= 4 is 40.7 Å². The number of aromatic nitrogens is 2. The van der Waals surface area contributed by atoms with Crippen LogP contribution in [0, 0.1) is 5.92 Å². The standard InChI is InChI=1S/C23H22ClN5O2/c24-18-4-2-16(3-5-18)21(30)27-19-6-8-20(9-7-19)28-22(31)17-10-14-29(15-11-17)23-25-12-1-13-26-23/h1-9,12-13,17H,10-11,14-15H2,(H,27,30)(H,28,31).